The lowest BCUT2D eigenvalue weighted by Gasteiger charge is -2.35. The van der Waals surface area contributed by atoms with Gasteiger partial charge in [0.25, 0.3) is 0 Å². The molecular weight excluding hydrogens is 252 g/mol. The van der Waals surface area contributed by atoms with Crippen molar-refractivity contribution in [2.24, 2.45) is 5.73 Å². The molecule has 0 spiro atoms. The van der Waals surface area contributed by atoms with Gasteiger partial charge < -0.3 is 10.5 Å². The van der Waals surface area contributed by atoms with E-state index >= 15 is 0 Å². The molecule has 1 atom stereocenters. The van der Waals surface area contributed by atoms with E-state index in [1.165, 1.54) is 5.56 Å². The number of aryl methyl sites for hydroxylation is 2. The molecule has 2 heterocycles. The fourth-order valence-electron chi connectivity index (χ4n) is 2.71. The first-order valence-corrected chi connectivity index (χ1v) is 7.42. The molecule has 1 fully saturated rings. The van der Waals surface area contributed by atoms with E-state index in [-0.39, 0.29) is 6.10 Å². The monoisotopic (exact) mass is 278 g/mol. The molecule has 1 aromatic heterocycles. The Kier molecular flexibility index (Phi) is 5.07. The van der Waals surface area contributed by atoms with Crippen LogP contribution in [0.3, 0.4) is 0 Å². The minimum Gasteiger partial charge on any atom is -0.368 e. The highest BCUT2D eigenvalue weighted by Crippen LogP contribution is 2.22. The predicted molar refractivity (Wildman–Crippen MR) is 79.7 cm³/mol. The van der Waals surface area contributed by atoms with E-state index in [0.717, 1.165) is 43.3 Å². The van der Waals surface area contributed by atoms with Crippen LogP contribution in [0.5, 0.6) is 0 Å². The van der Waals surface area contributed by atoms with Gasteiger partial charge in [0.05, 0.1) is 6.61 Å². The Morgan fingerprint density at radius 3 is 2.50 bits per heavy atom. The van der Waals surface area contributed by atoms with Gasteiger partial charge in [-0.15, -0.1) is 0 Å². The lowest BCUT2D eigenvalue weighted by Crippen LogP contribution is -2.42. The summed E-state index contributed by atoms with van der Waals surface area (Å²) in [5.74, 6) is 0.811. The first kappa shape index (κ1) is 15.4. The number of aromatic nitrogens is 2. The second kappa shape index (κ2) is 6.61. The summed E-state index contributed by atoms with van der Waals surface area (Å²) in [5, 5.41) is 0. The van der Waals surface area contributed by atoms with Crippen molar-refractivity contribution in [3.05, 3.63) is 22.8 Å². The molecule has 2 N–H and O–H groups in total. The molecule has 5 heteroatoms. The average Bonchev–Trinajstić information content (AvgIpc) is 2.42. The molecule has 0 saturated carbocycles. The van der Waals surface area contributed by atoms with Gasteiger partial charge in [0, 0.05) is 30.5 Å². The zero-order chi connectivity index (χ0) is 14.7. The lowest BCUT2D eigenvalue weighted by molar-refractivity contribution is -0.0444. The van der Waals surface area contributed by atoms with Crippen molar-refractivity contribution >= 4 is 0 Å². The SMILES string of the molecule is Cc1nc(C2CN(C(C)C)CCO2)nc(C)c1CCN. The van der Waals surface area contributed by atoms with Crippen LogP contribution < -0.4 is 5.73 Å². The first-order valence-electron chi connectivity index (χ1n) is 7.42. The molecule has 0 aliphatic carbocycles. The Bertz CT molecular complexity index is 438. The smallest absolute Gasteiger partial charge is 0.158 e. The molecule has 0 aromatic carbocycles. The summed E-state index contributed by atoms with van der Waals surface area (Å²) in [4.78, 5) is 11.7. The standard InChI is InChI=1S/C15H26N4O/c1-10(2)19-7-8-20-14(9-19)15-17-11(3)13(5-6-16)12(4)18-15/h10,14H,5-9,16H2,1-4H3. The molecule has 5 nitrogen and oxygen atoms in total. The maximum Gasteiger partial charge on any atom is 0.158 e. The fourth-order valence-corrected chi connectivity index (χ4v) is 2.71. The van der Waals surface area contributed by atoms with E-state index in [4.69, 9.17) is 10.5 Å². The highest BCUT2D eigenvalue weighted by Gasteiger charge is 2.26. The van der Waals surface area contributed by atoms with Crippen molar-refractivity contribution < 1.29 is 4.74 Å². The molecule has 0 amide bonds. The summed E-state index contributed by atoms with van der Waals surface area (Å²) in [6.07, 6.45) is 0.817. The van der Waals surface area contributed by atoms with Crippen molar-refractivity contribution in [2.75, 3.05) is 26.2 Å². The third-order valence-corrected chi connectivity index (χ3v) is 3.95. The second-order valence-corrected chi connectivity index (χ2v) is 5.72. The van der Waals surface area contributed by atoms with Gasteiger partial charge in [-0.3, -0.25) is 4.90 Å². The number of rotatable bonds is 4. The van der Waals surface area contributed by atoms with E-state index in [1.54, 1.807) is 0 Å². The topological polar surface area (TPSA) is 64.3 Å². The molecular formula is C15H26N4O. The predicted octanol–water partition coefficient (Wildman–Crippen LogP) is 1.38. The van der Waals surface area contributed by atoms with Crippen LogP contribution >= 0.6 is 0 Å². The minimum absolute atomic E-state index is 0.0181. The van der Waals surface area contributed by atoms with Gasteiger partial charge in [-0.1, -0.05) is 0 Å². The molecule has 1 unspecified atom stereocenters. The first-order chi connectivity index (χ1) is 9.52. The number of ether oxygens (including phenoxy) is 1. The molecule has 2 rings (SSSR count). The van der Waals surface area contributed by atoms with Gasteiger partial charge in [0.1, 0.15) is 6.10 Å². The molecule has 0 bridgehead atoms. The Balaban J connectivity index is 2.20. The maximum absolute atomic E-state index is 5.86. The van der Waals surface area contributed by atoms with Crippen LogP contribution in [0.2, 0.25) is 0 Å². The molecule has 1 saturated heterocycles. The number of nitrogens with zero attached hydrogens (tertiary/aromatic N) is 3. The third kappa shape index (κ3) is 3.34. The van der Waals surface area contributed by atoms with Gasteiger partial charge in [-0.05, 0) is 46.2 Å². The zero-order valence-corrected chi connectivity index (χ0v) is 13.0. The Labute approximate surface area is 121 Å². The molecule has 20 heavy (non-hydrogen) atoms. The number of hydrogen-bond donors (Lipinski definition) is 1. The summed E-state index contributed by atoms with van der Waals surface area (Å²) < 4.78 is 5.86. The van der Waals surface area contributed by atoms with E-state index in [1.807, 2.05) is 13.8 Å². The van der Waals surface area contributed by atoms with Crippen LogP contribution in [0.1, 0.15) is 42.7 Å². The van der Waals surface area contributed by atoms with Gasteiger partial charge in [-0.25, -0.2) is 9.97 Å². The second-order valence-electron chi connectivity index (χ2n) is 5.72. The minimum atomic E-state index is -0.0181. The van der Waals surface area contributed by atoms with E-state index in [2.05, 4.69) is 28.7 Å². The third-order valence-electron chi connectivity index (χ3n) is 3.95. The summed E-state index contributed by atoms with van der Waals surface area (Å²) >= 11 is 0. The summed E-state index contributed by atoms with van der Waals surface area (Å²) in [7, 11) is 0. The van der Waals surface area contributed by atoms with Gasteiger partial charge >= 0.3 is 0 Å². The number of morpholine rings is 1. The lowest BCUT2D eigenvalue weighted by atomic mass is 10.1. The Hall–Kier alpha value is -1.04. The van der Waals surface area contributed by atoms with Crippen molar-refractivity contribution in [2.45, 2.75) is 46.3 Å². The highest BCUT2D eigenvalue weighted by atomic mass is 16.5. The molecule has 0 radical (unpaired) electrons. The summed E-state index contributed by atoms with van der Waals surface area (Å²) in [6, 6.07) is 0.528. The zero-order valence-electron chi connectivity index (χ0n) is 13.0. The molecule has 1 aliphatic heterocycles. The van der Waals surface area contributed by atoms with Crippen molar-refractivity contribution in [1.82, 2.24) is 14.9 Å². The van der Waals surface area contributed by atoms with E-state index in [0.29, 0.717) is 12.6 Å². The highest BCUT2D eigenvalue weighted by molar-refractivity contribution is 5.25. The number of nitrogens with two attached hydrogens (primary N) is 1. The Morgan fingerprint density at radius 1 is 1.30 bits per heavy atom. The molecule has 1 aliphatic rings. The van der Waals surface area contributed by atoms with Crippen molar-refractivity contribution in [1.29, 1.82) is 0 Å². The molecule has 1 aromatic rings. The van der Waals surface area contributed by atoms with Crippen LogP contribution in [0.15, 0.2) is 0 Å². The van der Waals surface area contributed by atoms with Crippen LogP contribution in [0.25, 0.3) is 0 Å². The average molecular weight is 278 g/mol. The summed E-state index contributed by atoms with van der Waals surface area (Å²) in [6.45, 7) is 11.7. The normalized spacial score (nSPS) is 20.6. The van der Waals surface area contributed by atoms with Crippen LogP contribution in [0.4, 0.5) is 0 Å². The van der Waals surface area contributed by atoms with E-state index < -0.39 is 0 Å². The largest absolute Gasteiger partial charge is 0.368 e. The van der Waals surface area contributed by atoms with Crippen LogP contribution in [0, 0.1) is 13.8 Å². The van der Waals surface area contributed by atoms with Gasteiger partial charge in [0.2, 0.25) is 0 Å². The van der Waals surface area contributed by atoms with Crippen molar-refractivity contribution in [3.63, 3.8) is 0 Å². The fraction of sp³-hybridized carbons (Fsp3) is 0.733. The maximum atomic E-state index is 5.86. The van der Waals surface area contributed by atoms with Crippen LogP contribution in [-0.2, 0) is 11.2 Å². The van der Waals surface area contributed by atoms with Crippen LogP contribution in [-0.4, -0.2) is 47.2 Å². The van der Waals surface area contributed by atoms with Gasteiger partial charge in [-0.2, -0.15) is 0 Å². The Morgan fingerprint density at radius 2 is 1.95 bits per heavy atom. The summed E-state index contributed by atoms with van der Waals surface area (Å²) in [5.41, 5.74) is 8.88. The van der Waals surface area contributed by atoms with Crippen molar-refractivity contribution in [3.8, 4) is 0 Å². The van der Waals surface area contributed by atoms with E-state index in [9.17, 15) is 0 Å². The van der Waals surface area contributed by atoms with Gasteiger partial charge in [0.15, 0.2) is 5.82 Å². The quantitative estimate of drug-likeness (QED) is 0.901. The molecule has 112 valence electrons. The number of hydrogen-bond acceptors (Lipinski definition) is 5.